The summed E-state index contributed by atoms with van der Waals surface area (Å²) < 4.78 is 0. The fraction of sp³-hybridized carbons (Fsp3) is 0.400. The molecule has 0 amide bonds. The third-order valence-corrected chi connectivity index (χ3v) is 1.59. The van der Waals surface area contributed by atoms with E-state index >= 15 is 0 Å². The molecule has 0 saturated heterocycles. The number of hydrogen-bond acceptors (Lipinski definition) is 0. The largest absolute Gasteiger partial charge is 1.00 e. The second kappa shape index (κ2) is 6.52. The summed E-state index contributed by atoms with van der Waals surface area (Å²) in [7, 11) is 0. The van der Waals surface area contributed by atoms with Gasteiger partial charge in [0.2, 0.25) is 0 Å². The molecule has 0 bridgehead atoms. The monoisotopic (exact) mass is 140 g/mol. The molecule has 0 aliphatic heterocycles. The van der Waals surface area contributed by atoms with Crippen molar-refractivity contribution in [2.75, 3.05) is 0 Å². The van der Waals surface area contributed by atoms with Crippen LogP contribution >= 0.6 is 0 Å². The summed E-state index contributed by atoms with van der Waals surface area (Å²) in [5.74, 6) is 0. The molecule has 1 rings (SSSR count). The molecular formula is C10H13Li. The normalized spacial score (nSPS) is 8.82. The molecule has 0 radical (unpaired) electrons. The second-order valence-corrected chi connectivity index (χ2v) is 2.52. The predicted octanol–water partition coefficient (Wildman–Crippen LogP) is -0.167. The van der Waals surface area contributed by atoms with E-state index in [0.717, 1.165) is 0 Å². The molecule has 1 aromatic carbocycles. The molecule has 0 spiro atoms. The summed E-state index contributed by atoms with van der Waals surface area (Å²) in [6.45, 7) is 2.21. The van der Waals surface area contributed by atoms with E-state index in [4.69, 9.17) is 0 Å². The molecule has 0 saturated carbocycles. The van der Waals surface area contributed by atoms with Crippen molar-refractivity contribution in [1.82, 2.24) is 0 Å². The van der Waals surface area contributed by atoms with Gasteiger partial charge in [-0.15, -0.1) is 0 Å². The standard InChI is InChI=1S/C10H13.Li/c1-2-3-7-10-8-5-4-6-9-10;/h4-5,8-9H,2-3,7H2,1H3;/q-1;+1. The SMILES string of the molecule is CCCCc1c[c-]ccc1.[Li+]. The summed E-state index contributed by atoms with van der Waals surface area (Å²) in [5.41, 5.74) is 1.41. The van der Waals surface area contributed by atoms with Crippen LogP contribution in [0.15, 0.2) is 24.3 Å². The number of benzene rings is 1. The Labute approximate surface area is 81.2 Å². The van der Waals surface area contributed by atoms with Gasteiger partial charge in [0.15, 0.2) is 0 Å². The Morgan fingerprint density at radius 2 is 2.27 bits per heavy atom. The van der Waals surface area contributed by atoms with Gasteiger partial charge >= 0.3 is 18.9 Å². The molecule has 0 aliphatic carbocycles. The maximum Gasteiger partial charge on any atom is 1.00 e. The van der Waals surface area contributed by atoms with E-state index in [1.807, 2.05) is 12.1 Å². The third kappa shape index (κ3) is 4.30. The number of unbranched alkanes of at least 4 members (excludes halogenated alkanes) is 1. The van der Waals surface area contributed by atoms with Gasteiger partial charge in [-0.1, -0.05) is 26.2 Å². The van der Waals surface area contributed by atoms with Gasteiger partial charge in [-0.25, -0.2) is 0 Å². The molecule has 0 unspecified atom stereocenters. The molecular weight excluding hydrogens is 127 g/mol. The quantitative estimate of drug-likeness (QED) is 0.404. The molecule has 0 fully saturated rings. The van der Waals surface area contributed by atoms with E-state index in [-0.39, 0.29) is 18.9 Å². The van der Waals surface area contributed by atoms with E-state index in [2.05, 4.69) is 25.1 Å². The molecule has 0 atom stereocenters. The Balaban J connectivity index is 0.000001000. The third-order valence-electron chi connectivity index (χ3n) is 1.59. The summed E-state index contributed by atoms with van der Waals surface area (Å²) in [6.07, 6.45) is 3.76. The van der Waals surface area contributed by atoms with Gasteiger partial charge in [-0.05, 0) is 0 Å². The molecule has 54 valence electrons. The van der Waals surface area contributed by atoms with Gasteiger partial charge in [0.25, 0.3) is 0 Å². The fourth-order valence-corrected chi connectivity index (χ4v) is 0.967. The first kappa shape index (κ1) is 10.8. The zero-order valence-corrected chi connectivity index (χ0v) is 7.43. The van der Waals surface area contributed by atoms with Crippen LogP contribution in [0.3, 0.4) is 0 Å². The average Bonchev–Trinajstić information content (AvgIpc) is 2.03. The Morgan fingerprint density at radius 3 is 2.82 bits per heavy atom. The maximum atomic E-state index is 3.07. The van der Waals surface area contributed by atoms with Gasteiger partial charge in [0.05, 0.1) is 0 Å². The molecule has 0 heterocycles. The van der Waals surface area contributed by atoms with Crippen LogP contribution in [-0.2, 0) is 6.42 Å². The Kier molecular flexibility index (Phi) is 6.41. The summed E-state index contributed by atoms with van der Waals surface area (Å²) in [6, 6.07) is 11.3. The molecule has 1 aromatic rings. The van der Waals surface area contributed by atoms with Crippen LogP contribution in [0.4, 0.5) is 0 Å². The molecule has 0 aromatic heterocycles. The number of hydrogen-bond donors (Lipinski definition) is 0. The number of rotatable bonds is 3. The van der Waals surface area contributed by atoms with Gasteiger partial charge < -0.3 is 0 Å². The van der Waals surface area contributed by atoms with Crippen molar-refractivity contribution in [2.24, 2.45) is 0 Å². The first-order valence-corrected chi connectivity index (χ1v) is 3.88. The minimum Gasteiger partial charge on any atom is -0.184 e. The Morgan fingerprint density at radius 1 is 1.45 bits per heavy atom. The van der Waals surface area contributed by atoms with Crippen molar-refractivity contribution < 1.29 is 18.9 Å². The number of aryl methyl sites for hydroxylation is 1. The van der Waals surface area contributed by atoms with Crippen molar-refractivity contribution in [3.8, 4) is 0 Å². The van der Waals surface area contributed by atoms with Gasteiger partial charge in [-0.3, -0.25) is 0 Å². The zero-order chi connectivity index (χ0) is 7.23. The zero-order valence-electron chi connectivity index (χ0n) is 7.43. The average molecular weight is 140 g/mol. The van der Waals surface area contributed by atoms with E-state index in [9.17, 15) is 0 Å². The Bertz CT molecular complexity index is 169. The predicted molar refractivity (Wildman–Crippen MR) is 43.9 cm³/mol. The molecule has 0 aliphatic rings. The molecule has 1 heteroatoms. The van der Waals surface area contributed by atoms with E-state index in [1.165, 1.54) is 24.8 Å². The van der Waals surface area contributed by atoms with E-state index < -0.39 is 0 Å². The van der Waals surface area contributed by atoms with E-state index in [1.54, 1.807) is 0 Å². The van der Waals surface area contributed by atoms with Gasteiger partial charge in [-0.2, -0.15) is 35.9 Å². The molecule has 0 nitrogen and oxygen atoms in total. The van der Waals surface area contributed by atoms with Crippen LogP contribution in [0, 0.1) is 6.07 Å². The van der Waals surface area contributed by atoms with Crippen molar-refractivity contribution >= 4 is 0 Å². The van der Waals surface area contributed by atoms with Gasteiger partial charge in [0.1, 0.15) is 0 Å². The maximum absolute atomic E-state index is 3.07. The first-order chi connectivity index (χ1) is 4.93. The van der Waals surface area contributed by atoms with Crippen molar-refractivity contribution in [3.63, 3.8) is 0 Å². The topological polar surface area (TPSA) is 0 Å². The smallest absolute Gasteiger partial charge is 0.184 e. The van der Waals surface area contributed by atoms with Crippen LogP contribution < -0.4 is 18.9 Å². The van der Waals surface area contributed by atoms with Crippen molar-refractivity contribution in [3.05, 3.63) is 35.9 Å². The van der Waals surface area contributed by atoms with E-state index in [0.29, 0.717) is 0 Å². The summed E-state index contributed by atoms with van der Waals surface area (Å²) >= 11 is 0. The molecule has 0 N–H and O–H groups in total. The first-order valence-electron chi connectivity index (χ1n) is 3.88. The minimum atomic E-state index is 0. The van der Waals surface area contributed by atoms with Crippen LogP contribution in [0.25, 0.3) is 0 Å². The van der Waals surface area contributed by atoms with Crippen LogP contribution in [0.2, 0.25) is 0 Å². The fourth-order valence-electron chi connectivity index (χ4n) is 0.967. The summed E-state index contributed by atoms with van der Waals surface area (Å²) in [5, 5.41) is 0. The van der Waals surface area contributed by atoms with Crippen molar-refractivity contribution in [1.29, 1.82) is 0 Å². The van der Waals surface area contributed by atoms with Gasteiger partial charge in [0, 0.05) is 0 Å². The summed E-state index contributed by atoms with van der Waals surface area (Å²) in [4.78, 5) is 0. The van der Waals surface area contributed by atoms with Crippen molar-refractivity contribution in [2.45, 2.75) is 26.2 Å². The van der Waals surface area contributed by atoms with Crippen LogP contribution in [0.1, 0.15) is 25.3 Å². The van der Waals surface area contributed by atoms with Crippen LogP contribution in [-0.4, -0.2) is 0 Å². The second-order valence-electron chi connectivity index (χ2n) is 2.52. The Hall–Kier alpha value is -0.183. The van der Waals surface area contributed by atoms with Crippen LogP contribution in [0.5, 0.6) is 0 Å². The minimum absolute atomic E-state index is 0. The molecule has 11 heavy (non-hydrogen) atoms.